The van der Waals surface area contributed by atoms with E-state index in [2.05, 4.69) is 12.6 Å². The monoisotopic (exact) mass is 444 g/mol. The van der Waals surface area contributed by atoms with Gasteiger partial charge in [-0.05, 0) is 30.5 Å². The molecule has 0 amide bonds. The average Bonchev–Trinajstić information content (AvgIpc) is 2.66. The summed E-state index contributed by atoms with van der Waals surface area (Å²) >= 11 is 4.41. The summed E-state index contributed by atoms with van der Waals surface area (Å²) < 4.78 is 15.6. The van der Waals surface area contributed by atoms with Crippen LogP contribution in [0.2, 0.25) is 0 Å². The lowest BCUT2D eigenvalue weighted by molar-refractivity contribution is -0.271. The Morgan fingerprint density at radius 3 is 2.30 bits per heavy atom. The van der Waals surface area contributed by atoms with Crippen LogP contribution in [-0.4, -0.2) is 67.8 Å². The van der Waals surface area contributed by atoms with Crippen LogP contribution < -0.4 is 4.74 Å². The summed E-state index contributed by atoms with van der Waals surface area (Å²) in [7, 11) is 0. The Labute approximate surface area is 180 Å². The van der Waals surface area contributed by atoms with Gasteiger partial charge in [0.15, 0.2) is 6.10 Å². The summed E-state index contributed by atoms with van der Waals surface area (Å²) in [5.41, 5.74) is 0.703. The zero-order valence-electron chi connectivity index (χ0n) is 16.8. The number of rotatable bonds is 9. The third kappa shape index (κ3) is 7.13. The Bertz CT molecular complexity index is 716. The maximum Gasteiger partial charge on any atom is 0.335 e. The molecule has 2 rings (SSSR count). The number of aliphatic hydroxyl groups excluding tert-OH is 3. The smallest absolute Gasteiger partial charge is 0.335 e. The predicted molar refractivity (Wildman–Crippen MR) is 108 cm³/mol. The van der Waals surface area contributed by atoms with E-state index in [4.69, 9.17) is 19.3 Å². The van der Waals surface area contributed by atoms with Crippen LogP contribution in [0, 0.1) is 0 Å². The summed E-state index contributed by atoms with van der Waals surface area (Å²) in [5, 5.41) is 38.5. The molecule has 1 fully saturated rings. The van der Waals surface area contributed by atoms with Crippen LogP contribution in [0.5, 0.6) is 5.75 Å². The van der Waals surface area contributed by atoms with Crippen molar-refractivity contribution < 1.29 is 44.2 Å². The topological polar surface area (TPSA) is 143 Å². The van der Waals surface area contributed by atoms with E-state index in [1.165, 1.54) is 12.1 Å². The molecule has 0 aliphatic carbocycles. The predicted octanol–water partition coefficient (Wildman–Crippen LogP) is 0.879. The van der Waals surface area contributed by atoms with Gasteiger partial charge >= 0.3 is 11.9 Å². The molecule has 0 spiro atoms. The van der Waals surface area contributed by atoms with E-state index in [1.54, 1.807) is 12.1 Å². The Morgan fingerprint density at radius 2 is 1.73 bits per heavy atom. The highest BCUT2D eigenvalue weighted by Gasteiger charge is 2.48. The van der Waals surface area contributed by atoms with Crippen molar-refractivity contribution in [3.05, 3.63) is 29.8 Å². The molecule has 1 aliphatic heterocycles. The quantitative estimate of drug-likeness (QED) is 0.277. The highest BCUT2D eigenvalue weighted by atomic mass is 32.1. The summed E-state index contributed by atoms with van der Waals surface area (Å²) in [6.45, 7) is 4.04. The van der Waals surface area contributed by atoms with Gasteiger partial charge in [-0.1, -0.05) is 26.0 Å². The number of hydrogen-bond donors (Lipinski definition) is 5. The molecule has 0 bridgehead atoms. The molecular formula is C20H28O9S. The Kier molecular flexibility index (Phi) is 8.51. The third-order valence-electron chi connectivity index (χ3n) is 4.56. The maximum atomic E-state index is 11.8. The second-order valence-electron chi connectivity index (χ2n) is 7.82. The first kappa shape index (κ1) is 24.4. The zero-order chi connectivity index (χ0) is 22.5. The SMILES string of the molecule is CC(C)(S)CCCC(=O)OCc1ccc(O[C@@H]2O[C@H](C(=O)O)[C@@H](O)[C@H](O)[C@H]2O)cc1. The van der Waals surface area contributed by atoms with Crippen LogP contribution in [0.1, 0.15) is 38.7 Å². The first-order valence-corrected chi connectivity index (χ1v) is 9.99. The molecule has 0 saturated carbocycles. The van der Waals surface area contributed by atoms with Crippen molar-refractivity contribution in [2.75, 3.05) is 0 Å². The molecule has 0 unspecified atom stereocenters. The highest BCUT2D eigenvalue weighted by molar-refractivity contribution is 7.81. The summed E-state index contributed by atoms with van der Waals surface area (Å²) in [6.07, 6.45) is -6.60. The molecule has 1 heterocycles. The average molecular weight is 445 g/mol. The second-order valence-corrected chi connectivity index (χ2v) is 9.03. The summed E-state index contributed by atoms with van der Waals surface area (Å²) in [5.74, 6) is -1.56. The number of carbonyl (C=O) groups is 2. The molecule has 10 heteroatoms. The summed E-state index contributed by atoms with van der Waals surface area (Å²) in [6, 6.07) is 6.31. The molecule has 1 aliphatic rings. The minimum absolute atomic E-state index is 0.0813. The van der Waals surface area contributed by atoms with Gasteiger partial charge < -0.3 is 34.6 Å². The minimum atomic E-state index is -1.78. The molecule has 168 valence electrons. The van der Waals surface area contributed by atoms with Crippen LogP contribution >= 0.6 is 12.6 Å². The van der Waals surface area contributed by atoms with Crippen LogP contribution in [0.3, 0.4) is 0 Å². The molecule has 4 N–H and O–H groups in total. The highest BCUT2D eigenvalue weighted by Crippen LogP contribution is 2.25. The first-order chi connectivity index (χ1) is 14.0. The van der Waals surface area contributed by atoms with E-state index in [-0.39, 0.29) is 23.1 Å². The lowest BCUT2D eigenvalue weighted by atomic mass is 9.99. The molecule has 1 saturated heterocycles. The fraction of sp³-hybridized carbons (Fsp3) is 0.600. The Hall–Kier alpha value is -1.85. The van der Waals surface area contributed by atoms with Crippen molar-refractivity contribution in [3.63, 3.8) is 0 Å². The lowest BCUT2D eigenvalue weighted by Crippen LogP contribution is -2.61. The Balaban J connectivity index is 1.85. The van der Waals surface area contributed by atoms with E-state index < -0.39 is 36.7 Å². The fourth-order valence-electron chi connectivity index (χ4n) is 2.85. The molecule has 9 nitrogen and oxygen atoms in total. The fourth-order valence-corrected chi connectivity index (χ4v) is 3.01. The number of esters is 1. The number of hydrogen-bond acceptors (Lipinski definition) is 9. The molecular weight excluding hydrogens is 416 g/mol. The number of aliphatic hydroxyl groups is 3. The number of benzene rings is 1. The summed E-state index contributed by atoms with van der Waals surface area (Å²) in [4.78, 5) is 22.9. The lowest BCUT2D eigenvalue weighted by Gasteiger charge is -2.38. The number of carboxylic acids is 1. The molecule has 30 heavy (non-hydrogen) atoms. The van der Waals surface area contributed by atoms with Gasteiger partial charge in [0.1, 0.15) is 30.7 Å². The van der Waals surface area contributed by atoms with Crippen molar-refractivity contribution in [3.8, 4) is 5.75 Å². The van der Waals surface area contributed by atoms with E-state index >= 15 is 0 Å². The van der Waals surface area contributed by atoms with Gasteiger partial charge in [-0.3, -0.25) is 4.79 Å². The van der Waals surface area contributed by atoms with Crippen molar-refractivity contribution >= 4 is 24.6 Å². The molecule has 0 aromatic heterocycles. The number of carboxylic acid groups (broad SMARTS) is 1. The van der Waals surface area contributed by atoms with E-state index in [1.807, 2.05) is 13.8 Å². The molecule has 1 aromatic carbocycles. The third-order valence-corrected chi connectivity index (χ3v) is 4.78. The largest absolute Gasteiger partial charge is 0.479 e. The van der Waals surface area contributed by atoms with Gasteiger partial charge in [-0.15, -0.1) is 0 Å². The van der Waals surface area contributed by atoms with Crippen LogP contribution in [0.15, 0.2) is 24.3 Å². The second kappa shape index (κ2) is 10.5. The number of ether oxygens (including phenoxy) is 3. The van der Waals surface area contributed by atoms with Crippen LogP contribution in [0.4, 0.5) is 0 Å². The van der Waals surface area contributed by atoms with E-state index in [9.17, 15) is 24.9 Å². The van der Waals surface area contributed by atoms with Gasteiger partial charge in [0.2, 0.25) is 6.29 Å². The van der Waals surface area contributed by atoms with Gasteiger partial charge in [0.25, 0.3) is 0 Å². The van der Waals surface area contributed by atoms with E-state index in [0.29, 0.717) is 18.4 Å². The van der Waals surface area contributed by atoms with Gasteiger partial charge in [-0.2, -0.15) is 12.6 Å². The van der Waals surface area contributed by atoms with Crippen molar-refractivity contribution in [2.45, 2.75) is 75.2 Å². The number of aliphatic carboxylic acids is 1. The normalized spacial score (nSPS) is 26.8. The number of thiol groups is 1. The van der Waals surface area contributed by atoms with Crippen molar-refractivity contribution in [1.29, 1.82) is 0 Å². The molecule has 5 atom stereocenters. The van der Waals surface area contributed by atoms with Crippen molar-refractivity contribution in [1.82, 2.24) is 0 Å². The minimum Gasteiger partial charge on any atom is -0.479 e. The maximum absolute atomic E-state index is 11.8. The van der Waals surface area contributed by atoms with Gasteiger partial charge in [0.05, 0.1) is 0 Å². The Morgan fingerprint density at radius 1 is 1.10 bits per heavy atom. The standard InChI is InChI=1S/C20H28O9S/c1-20(2,30)9-3-4-13(21)27-10-11-5-7-12(8-6-11)28-19-16(24)14(22)15(23)17(29-19)18(25)26/h5-8,14-17,19,22-24,30H,3-4,9-10H2,1-2H3,(H,25,26)/t14-,15-,16+,17-,19+/m0/s1. The zero-order valence-corrected chi connectivity index (χ0v) is 17.7. The van der Waals surface area contributed by atoms with Crippen LogP contribution in [0.25, 0.3) is 0 Å². The van der Waals surface area contributed by atoms with Crippen molar-refractivity contribution in [2.24, 2.45) is 0 Å². The van der Waals surface area contributed by atoms with Crippen LogP contribution in [-0.2, 0) is 25.7 Å². The molecule has 0 radical (unpaired) electrons. The van der Waals surface area contributed by atoms with E-state index in [0.717, 1.165) is 6.42 Å². The van der Waals surface area contributed by atoms with Gasteiger partial charge in [0, 0.05) is 11.2 Å². The van der Waals surface area contributed by atoms with Gasteiger partial charge in [-0.25, -0.2) is 4.79 Å². The molecule has 1 aromatic rings. The first-order valence-electron chi connectivity index (χ1n) is 9.54. The number of carbonyl (C=O) groups excluding carboxylic acids is 1.